The number of unbranched alkanes of at least 4 members (excludes halogenated alkanes) is 1. The minimum absolute atomic E-state index is 0.134. The van der Waals surface area contributed by atoms with Crippen molar-refractivity contribution in [2.24, 2.45) is 5.92 Å². The highest BCUT2D eigenvalue weighted by Crippen LogP contribution is 2.15. The molecule has 8 heteroatoms. The van der Waals surface area contributed by atoms with E-state index in [1.54, 1.807) is 24.5 Å². The monoisotopic (exact) mass is 492 g/mol. The van der Waals surface area contributed by atoms with Crippen LogP contribution in [0.5, 0.6) is 0 Å². The lowest BCUT2D eigenvalue weighted by molar-refractivity contribution is -0.118. The Bertz CT molecular complexity index is 860. The van der Waals surface area contributed by atoms with E-state index in [0.29, 0.717) is 29.5 Å². The summed E-state index contributed by atoms with van der Waals surface area (Å²) < 4.78 is 24.3. The highest BCUT2D eigenvalue weighted by atomic mass is 32.2. The number of thioether (sulfide) groups is 1. The highest BCUT2D eigenvalue weighted by Gasteiger charge is 2.21. The molecular weight excluding hydrogens is 455 g/mol. The van der Waals surface area contributed by atoms with Crippen molar-refractivity contribution in [3.8, 4) is 0 Å². The number of carbonyl (C=O) groups excluding carboxylic acids is 2. The van der Waals surface area contributed by atoms with E-state index in [4.69, 9.17) is 9.15 Å². The molecule has 1 amide bonds. The van der Waals surface area contributed by atoms with Crippen molar-refractivity contribution < 1.29 is 23.1 Å². The third-order valence-corrected chi connectivity index (χ3v) is 6.29. The molecule has 0 radical (unpaired) electrons. The summed E-state index contributed by atoms with van der Waals surface area (Å²) in [5.41, 5.74) is 0.327. The fourth-order valence-electron chi connectivity index (χ4n) is 3.55. The van der Waals surface area contributed by atoms with Gasteiger partial charge in [0.05, 0.1) is 23.8 Å². The molecule has 2 rings (SSSR count). The highest BCUT2D eigenvalue weighted by molar-refractivity contribution is 7.99. The second kappa shape index (κ2) is 15.6. The third kappa shape index (κ3) is 10.7. The average Bonchev–Trinajstić information content (AvgIpc) is 3.31. The van der Waals surface area contributed by atoms with Crippen LogP contribution in [0, 0.1) is 11.7 Å². The van der Waals surface area contributed by atoms with E-state index >= 15 is 0 Å². The van der Waals surface area contributed by atoms with Crippen molar-refractivity contribution in [1.82, 2.24) is 10.6 Å². The summed E-state index contributed by atoms with van der Waals surface area (Å²) in [7, 11) is 0. The largest absolute Gasteiger partial charge is 0.468 e. The second-order valence-corrected chi connectivity index (χ2v) is 9.77. The first-order valence-corrected chi connectivity index (χ1v) is 13.1. The zero-order valence-corrected chi connectivity index (χ0v) is 21.2. The molecule has 0 fully saturated rings. The van der Waals surface area contributed by atoms with E-state index in [0.717, 1.165) is 31.4 Å². The van der Waals surface area contributed by atoms with Gasteiger partial charge in [0.1, 0.15) is 18.2 Å². The number of ether oxygens (including phenoxy) is 1. The van der Waals surface area contributed by atoms with E-state index < -0.39 is 11.9 Å². The zero-order chi connectivity index (χ0) is 24.8. The van der Waals surface area contributed by atoms with E-state index in [2.05, 4.69) is 31.4 Å². The van der Waals surface area contributed by atoms with Gasteiger partial charge in [-0.05, 0) is 37.0 Å². The van der Waals surface area contributed by atoms with Gasteiger partial charge in [0.2, 0.25) is 0 Å². The van der Waals surface area contributed by atoms with Crippen LogP contribution in [0.1, 0.15) is 57.8 Å². The summed E-state index contributed by atoms with van der Waals surface area (Å²) in [5.74, 6) is 1.99. The van der Waals surface area contributed by atoms with Crippen molar-refractivity contribution >= 4 is 23.6 Å². The van der Waals surface area contributed by atoms with Crippen molar-refractivity contribution in [3.05, 3.63) is 59.8 Å². The molecule has 34 heavy (non-hydrogen) atoms. The summed E-state index contributed by atoms with van der Waals surface area (Å²) in [4.78, 5) is 25.2. The Hall–Kier alpha value is -2.32. The van der Waals surface area contributed by atoms with Gasteiger partial charge in [-0.15, -0.1) is 11.8 Å². The van der Waals surface area contributed by atoms with Gasteiger partial charge in [-0.1, -0.05) is 51.8 Å². The van der Waals surface area contributed by atoms with Crippen molar-refractivity contribution in [3.63, 3.8) is 0 Å². The molecule has 2 aromatic rings. The third-order valence-electron chi connectivity index (χ3n) is 5.31. The molecule has 1 heterocycles. The van der Waals surface area contributed by atoms with Crippen LogP contribution in [-0.4, -0.2) is 36.3 Å². The summed E-state index contributed by atoms with van der Waals surface area (Å²) in [5, 5.41) is 6.25. The Morgan fingerprint density at radius 2 is 1.97 bits per heavy atom. The Morgan fingerprint density at radius 3 is 2.65 bits per heavy atom. The van der Waals surface area contributed by atoms with Crippen LogP contribution in [-0.2, 0) is 21.9 Å². The number of furan rings is 1. The quantitative estimate of drug-likeness (QED) is 0.312. The van der Waals surface area contributed by atoms with Crippen molar-refractivity contribution in [1.29, 1.82) is 0 Å². The molecule has 0 aliphatic carbocycles. The maximum absolute atomic E-state index is 13.8. The van der Waals surface area contributed by atoms with Gasteiger partial charge in [-0.2, -0.15) is 0 Å². The maximum Gasteiger partial charge on any atom is 0.407 e. The predicted octanol–water partition coefficient (Wildman–Crippen LogP) is 5.71. The van der Waals surface area contributed by atoms with Gasteiger partial charge in [0, 0.05) is 18.2 Å². The van der Waals surface area contributed by atoms with Gasteiger partial charge in [0.15, 0.2) is 5.78 Å². The summed E-state index contributed by atoms with van der Waals surface area (Å²) in [6.07, 6.45) is 4.46. The van der Waals surface area contributed by atoms with E-state index in [-0.39, 0.29) is 24.5 Å². The number of hydrogen-bond donors (Lipinski definition) is 2. The fourth-order valence-corrected chi connectivity index (χ4v) is 4.42. The number of amides is 1. The minimum atomic E-state index is -0.596. The molecule has 2 unspecified atom stereocenters. The first kappa shape index (κ1) is 27.9. The number of hydrogen-bond acceptors (Lipinski definition) is 6. The SMILES string of the molecule is CCCCC(NCC(CC(C)C)NC(=O)OCc1ccccc1F)C(=O)CSCc1ccco1. The Kier molecular flexibility index (Phi) is 12.8. The fraction of sp³-hybridized carbons (Fsp3) is 0.538. The summed E-state index contributed by atoms with van der Waals surface area (Å²) in [6.45, 7) is 6.57. The molecule has 2 N–H and O–H groups in total. The standard InChI is InChI=1S/C26H37FN2O4S/c1-4-5-12-24(25(30)18-34-17-22-10-8-13-32-22)28-15-21(14-19(2)3)29-26(31)33-16-20-9-6-7-11-23(20)27/h6-11,13,19,21,24,28H,4-5,12,14-18H2,1-3H3,(H,29,31). The van der Waals surface area contributed by atoms with Gasteiger partial charge in [0.25, 0.3) is 0 Å². The molecule has 1 aromatic carbocycles. The lowest BCUT2D eigenvalue weighted by atomic mass is 10.0. The average molecular weight is 493 g/mol. The van der Waals surface area contributed by atoms with Gasteiger partial charge < -0.3 is 19.8 Å². The molecule has 0 aliphatic heterocycles. The minimum Gasteiger partial charge on any atom is -0.468 e. The Balaban J connectivity index is 1.86. The van der Waals surface area contributed by atoms with E-state index in [1.807, 2.05) is 12.1 Å². The molecule has 2 atom stereocenters. The van der Waals surface area contributed by atoms with Crippen molar-refractivity contribution in [2.75, 3.05) is 12.3 Å². The molecule has 0 saturated carbocycles. The van der Waals surface area contributed by atoms with E-state index in [9.17, 15) is 14.0 Å². The van der Waals surface area contributed by atoms with Crippen LogP contribution in [0.2, 0.25) is 0 Å². The first-order chi connectivity index (χ1) is 16.4. The number of ketones is 1. The Labute approximate surface area is 206 Å². The smallest absolute Gasteiger partial charge is 0.407 e. The predicted molar refractivity (Wildman–Crippen MR) is 134 cm³/mol. The molecule has 0 aliphatic rings. The van der Waals surface area contributed by atoms with Crippen LogP contribution in [0.25, 0.3) is 0 Å². The molecule has 0 saturated heterocycles. The first-order valence-electron chi connectivity index (χ1n) is 11.9. The molecule has 6 nitrogen and oxygen atoms in total. The molecule has 1 aromatic heterocycles. The van der Waals surface area contributed by atoms with Gasteiger partial charge in [-0.3, -0.25) is 4.79 Å². The number of alkyl carbamates (subject to hydrolysis) is 1. The molecule has 188 valence electrons. The van der Waals surface area contributed by atoms with Gasteiger partial charge >= 0.3 is 6.09 Å². The number of benzene rings is 1. The van der Waals surface area contributed by atoms with Crippen LogP contribution in [0.15, 0.2) is 47.1 Å². The number of carbonyl (C=O) groups is 2. The number of Topliss-reactive ketones (excluding diaryl/α,β-unsaturated/α-hetero) is 1. The molecular formula is C26H37FN2O4S. The zero-order valence-electron chi connectivity index (χ0n) is 20.3. The van der Waals surface area contributed by atoms with Crippen LogP contribution >= 0.6 is 11.8 Å². The summed E-state index contributed by atoms with van der Waals surface area (Å²) >= 11 is 1.54. The second-order valence-electron chi connectivity index (χ2n) is 8.78. The molecule has 0 spiro atoms. The number of halogens is 1. The Morgan fingerprint density at radius 1 is 1.18 bits per heavy atom. The van der Waals surface area contributed by atoms with E-state index in [1.165, 1.54) is 17.8 Å². The summed E-state index contributed by atoms with van der Waals surface area (Å²) in [6, 6.07) is 9.48. The lowest BCUT2D eigenvalue weighted by Gasteiger charge is -2.24. The topological polar surface area (TPSA) is 80.6 Å². The molecule has 0 bridgehead atoms. The van der Waals surface area contributed by atoms with Crippen LogP contribution in [0.4, 0.5) is 9.18 Å². The lowest BCUT2D eigenvalue weighted by Crippen LogP contribution is -2.48. The number of rotatable bonds is 16. The van der Waals surface area contributed by atoms with Crippen LogP contribution < -0.4 is 10.6 Å². The van der Waals surface area contributed by atoms with Gasteiger partial charge in [-0.25, -0.2) is 9.18 Å². The van der Waals surface area contributed by atoms with Crippen molar-refractivity contribution in [2.45, 2.75) is 70.9 Å². The normalized spacial score (nSPS) is 13.0. The number of nitrogens with one attached hydrogen (secondary N) is 2. The van der Waals surface area contributed by atoms with Crippen LogP contribution in [0.3, 0.4) is 0 Å². The maximum atomic E-state index is 13.8.